The van der Waals surface area contributed by atoms with Gasteiger partial charge in [0.2, 0.25) is 6.33 Å². The summed E-state index contributed by atoms with van der Waals surface area (Å²) in [5.41, 5.74) is 12.6. The van der Waals surface area contributed by atoms with Gasteiger partial charge in [-0.05, 0) is 82.4 Å². The number of nitrogens with zero attached hydrogens (tertiary/aromatic N) is 8. The van der Waals surface area contributed by atoms with E-state index in [1.807, 2.05) is 121 Å². The molecule has 6 heterocycles. The maximum atomic E-state index is 4.62. The minimum absolute atomic E-state index is 0. The van der Waals surface area contributed by atoms with Crippen molar-refractivity contribution in [2.75, 3.05) is 0 Å². The van der Waals surface area contributed by atoms with Crippen molar-refractivity contribution in [2.24, 2.45) is 0 Å². The molecule has 0 N–H and O–H groups in total. The fraction of sp³-hybridized carbons (Fsp3) is 0.0746. The Hall–Kier alpha value is -7.38. The molecular formula is C67H61BrClN8Pt2+. The number of aromatic nitrogens is 6. The van der Waals surface area contributed by atoms with Crippen molar-refractivity contribution in [1.82, 2.24) is 34.3 Å². The molecule has 79 heavy (non-hydrogen) atoms. The molecule has 5 aromatic heterocycles. The summed E-state index contributed by atoms with van der Waals surface area (Å²) in [5, 5.41) is 0. The molecule has 12 rings (SSSR count). The second-order valence-corrected chi connectivity index (χ2v) is 17.3. The summed E-state index contributed by atoms with van der Waals surface area (Å²) in [4.78, 5) is 22.3. The Morgan fingerprint density at radius 1 is 0.430 bits per heavy atom. The van der Waals surface area contributed by atoms with Gasteiger partial charge in [0, 0.05) is 25.5 Å². The van der Waals surface area contributed by atoms with Gasteiger partial charge in [-0.25, -0.2) is 9.13 Å². The average molecular weight is 1480 g/mol. The number of pyridine rings is 4. The standard InChI is InChI=1S/2C17H17N2.2C16H11N2.CH4.BrH.ClH.2Pt/c2*1-3-7-16(8-4-1)13-18-11-12-19(15-18)14-17-9-5-2-6-10-17;2*1-2-7-13(8-3-1)14-10-6-11-16(18-14)15-9-4-5-12-17-15;;;;;/h2*1-12,15H,13-14H2;2*1-7,9-12H;1H4;2*1H;;/q-1;+1;2*-1;;;;2*+2/p-1. The molecule has 402 valence electrons. The van der Waals surface area contributed by atoms with Crippen LogP contribution in [0, 0.1) is 18.8 Å². The first kappa shape index (κ1) is 62.5. The second-order valence-electron chi connectivity index (χ2n) is 17.3. The maximum Gasteiger partial charge on any atom is 2.00 e. The van der Waals surface area contributed by atoms with E-state index in [0.717, 1.165) is 71.5 Å². The van der Waals surface area contributed by atoms with Crippen LogP contribution in [0.25, 0.3) is 45.3 Å². The van der Waals surface area contributed by atoms with Gasteiger partial charge in [-0.15, -0.1) is 88.8 Å². The third kappa shape index (κ3) is 20.7. The minimum atomic E-state index is 0. The number of benzene rings is 6. The van der Waals surface area contributed by atoms with Crippen LogP contribution in [0.3, 0.4) is 0 Å². The van der Waals surface area contributed by atoms with Gasteiger partial charge in [-0.1, -0.05) is 165 Å². The van der Waals surface area contributed by atoms with Crippen molar-refractivity contribution < 1.29 is 44.4 Å². The van der Waals surface area contributed by atoms with Gasteiger partial charge in [-0.2, -0.15) is 6.67 Å². The topological polar surface area (TPSA) is 66.9 Å². The average Bonchev–Trinajstić information content (AvgIpc) is 4.17. The van der Waals surface area contributed by atoms with E-state index in [-0.39, 0.29) is 45.5 Å². The Balaban J connectivity index is 0.000000189. The van der Waals surface area contributed by atoms with Crippen LogP contribution >= 0.6 is 26.4 Å². The SMILES string of the molecule is Br.C.C1=CN(Cc2ccccc2)[CH-]N1Cc1ccccc1.[Cl][Pt+].[Pt+2].[c-]1ccccc1-c1cccc(-c2ccccn2)n1.[c-]1ccccc1-c1cccc(-c2ccccn2)n1.c1ccc(Cn2cc[n+](Cc3ccccc3)c2)cc1. The van der Waals surface area contributed by atoms with E-state index in [0.29, 0.717) is 0 Å². The van der Waals surface area contributed by atoms with E-state index in [4.69, 9.17) is 0 Å². The summed E-state index contributed by atoms with van der Waals surface area (Å²) >= 11 is 1.61. The molecule has 0 bridgehead atoms. The zero-order valence-corrected chi connectivity index (χ0v) is 49.6. The molecule has 8 nitrogen and oxygen atoms in total. The predicted octanol–water partition coefficient (Wildman–Crippen LogP) is 15.6. The number of hydrogen-bond donors (Lipinski definition) is 0. The van der Waals surface area contributed by atoms with Crippen molar-refractivity contribution in [1.29, 1.82) is 0 Å². The van der Waals surface area contributed by atoms with Gasteiger partial charge < -0.3 is 9.80 Å². The molecule has 0 unspecified atom stereocenters. The number of hydrogen-bond acceptors (Lipinski definition) is 6. The van der Waals surface area contributed by atoms with Crippen LogP contribution in [-0.4, -0.2) is 34.3 Å². The predicted molar refractivity (Wildman–Crippen MR) is 320 cm³/mol. The zero-order valence-electron chi connectivity index (χ0n) is 42.5. The van der Waals surface area contributed by atoms with Gasteiger partial charge in [0.1, 0.15) is 25.5 Å². The van der Waals surface area contributed by atoms with E-state index in [2.05, 4.69) is 220 Å². The largest absolute Gasteiger partial charge is 2.00 e. The first-order chi connectivity index (χ1) is 37.7. The van der Waals surface area contributed by atoms with E-state index in [1.165, 1.54) is 22.3 Å². The van der Waals surface area contributed by atoms with Crippen molar-refractivity contribution in [2.45, 2.75) is 33.6 Å². The molecule has 0 amide bonds. The van der Waals surface area contributed by atoms with E-state index >= 15 is 0 Å². The van der Waals surface area contributed by atoms with Gasteiger partial charge in [0.25, 0.3) is 0 Å². The first-order valence-electron chi connectivity index (χ1n) is 24.8. The molecule has 0 fully saturated rings. The Morgan fingerprint density at radius 3 is 1.22 bits per heavy atom. The van der Waals surface area contributed by atoms with Crippen LogP contribution in [0.15, 0.2) is 286 Å². The molecule has 0 saturated heterocycles. The van der Waals surface area contributed by atoms with Crippen LogP contribution in [0.4, 0.5) is 0 Å². The van der Waals surface area contributed by atoms with Crippen molar-refractivity contribution in [3.8, 4) is 45.3 Å². The number of halogens is 2. The summed E-state index contributed by atoms with van der Waals surface area (Å²) < 4.78 is 4.41. The molecule has 1 aliphatic rings. The van der Waals surface area contributed by atoms with Crippen molar-refractivity contribution >= 4 is 26.4 Å². The third-order valence-electron chi connectivity index (χ3n) is 11.6. The Kier molecular flexibility index (Phi) is 27.8. The molecule has 12 heteroatoms. The van der Waals surface area contributed by atoms with Gasteiger partial charge >= 0.3 is 49.3 Å². The van der Waals surface area contributed by atoms with E-state index < -0.39 is 0 Å². The summed E-state index contributed by atoms with van der Waals surface area (Å²) in [6.45, 7) is 5.83. The zero-order chi connectivity index (χ0) is 52.2. The van der Waals surface area contributed by atoms with Gasteiger partial charge in [0.05, 0.1) is 22.8 Å². The Morgan fingerprint density at radius 2 is 0.810 bits per heavy atom. The number of rotatable bonds is 12. The molecule has 0 aliphatic carbocycles. The summed E-state index contributed by atoms with van der Waals surface area (Å²) in [6.07, 6.45) is 14.2. The van der Waals surface area contributed by atoms with Crippen LogP contribution in [0.1, 0.15) is 29.7 Å². The molecule has 1 aliphatic heterocycles. The monoisotopic (exact) mass is 1480 g/mol. The summed E-state index contributed by atoms with van der Waals surface area (Å²) in [6, 6.07) is 87.6. The minimum Gasteiger partial charge on any atom is -0.295 e. The molecule has 0 saturated carbocycles. The second kappa shape index (κ2) is 35.2. The fourth-order valence-corrected chi connectivity index (χ4v) is 8.02. The molecule has 0 atom stereocenters. The third-order valence-corrected chi connectivity index (χ3v) is 11.6. The Bertz CT molecular complexity index is 3040. The maximum absolute atomic E-state index is 4.62. The molecule has 0 radical (unpaired) electrons. The van der Waals surface area contributed by atoms with Crippen LogP contribution in [0.2, 0.25) is 0 Å². The molecule has 11 aromatic rings. The molecule has 0 spiro atoms. The van der Waals surface area contributed by atoms with Crippen LogP contribution < -0.4 is 4.57 Å². The quantitative estimate of drug-likeness (QED) is 0.0897. The smallest absolute Gasteiger partial charge is 0.295 e. The van der Waals surface area contributed by atoms with Crippen LogP contribution in [0.5, 0.6) is 0 Å². The van der Waals surface area contributed by atoms with Gasteiger partial charge in [0.15, 0.2) is 0 Å². The van der Waals surface area contributed by atoms with E-state index in [1.54, 1.807) is 31.2 Å². The summed E-state index contributed by atoms with van der Waals surface area (Å²) in [5.74, 6) is 0. The van der Waals surface area contributed by atoms with Gasteiger partial charge in [-0.3, -0.25) is 19.9 Å². The van der Waals surface area contributed by atoms with Crippen molar-refractivity contribution in [3.05, 3.63) is 327 Å². The molecule has 6 aromatic carbocycles. The van der Waals surface area contributed by atoms with E-state index in [9.17, 15) is 0 Å². The fourth-order valence-electron chi connectivity index (χ4n) is 8.02. The normalized spacial score (nSPS) is 10.7. The summed E-state index contributed by atoms with van der Waals surface area (Å²) in [7, 11) is 4.61. The first-order valence-corrected chi connectivity index (χ1v) is 27.6. The van der Waals surface area contributed by atoms with Crippen LogP contribution in [-0.2, 0) is 66.0 Å². The Labute approximate surface area is 507 Å². The van der Waals surface area contributed by atoms with Crippen molar-refractivity contribution in [3.63, 3.8) is 0 Å². The molecular weight excluding hydrogens is 1420 g/mol. The number of imidazole rings is 1.